The fraction of sp³-hybridized carbons (Fsp3) is 0.182. The van der Waals surface area contributed by atoms with Crippen LogP contribution in [-0.2, 0) is 16.0 Å². The summed E-state index contributed by atoms with van der Waals surface area (Å²) in [7, 11) is 0. The van der Waals surface area contributed by atoms with Gasteiger partial charge in [0, 0.05) is 12.0 Å². The highest BCUT2D eigenvalue weighted by atomic mass is 16.5. The largest absolute Gasteiger partial charge is 0.464 e. The lowest BCUT2D eigenvalue weighted by Gasteiger charge is -2.18. The molecule has 3 aromatic carbocycles. The van der Waals surface area contributed by atoms with Gasteiger partial charge in [0.05, 0.1) is 7.98 Å². The van der Waals surface area contributed by atoms with Gasteiger partial charge in [-0.15, -0.1) is 0 Å². The number of nitrogens with one attached hydrogen (secondary N) is 1. The van der Waals surface area contributed by atoms with Crippen LogP contribution in [0.25, 0.3) is 10.8 Å². The molecule has 0 fully saturated rings. The fourth-order valence-corrected chi connectivity index (χ4v) is 2.74. The minimum absolute atomic E-state index is 0.00917. The number of rotatable bonds is 6. The molecule has 0 heterocycles. The molecule has 0 saturated heterocycles. The summed E-state index contributed by atoms with van der Waals surface area (Å²) in [6.07, 6.45) is 0.00917. The van der Waals surface area contributed by atoms with E-state index in [9.17, 15) is 9.59 Å². The first-order valence-corrected chi connectivity index (χ1v) is 8.54. The third-order valence-corrected chi connectivity index (χ3v) is 4.02. The Labute approximate surface area is 154 Å². The standard InChI is InChI=1S/C22H21NO3/c1-2-26-22(25)20(23-21(24)18-9-4-3-5-10-18)15-16-12-13-17-8-6-7-11-19(17)14-16/h3-14,20H,2,15H2,1H3,(H,23,24)/t20-/m0/s1/i20D. The molecule has 0 bridgehead atoms. The Morgan fingerprint density at radius 1 is 1.00 bits per heavy atom. The van der Waals surface area contributed by atoms with Crippen LogP contribution >= 0.6 is 0 Å². The quantitative estimate of drug-likeness (QED) is 0.690. The Hall–Kier alpha value is -3.14. The molecule has 0 aliphatic rings. The maximum absolute atomic E-state index is 12.5. The zero-order valence-corrected chi connectivity index (χ0v) is 14.6. The van der Waals surface area contributed by atoms with Crippen LogP contribution in [0.15, 0.2) is 72.8 Å². The average molecular weight is 348 g/mol. The highest BCUT2D eigenvalue weighted by molar-refractivity contribution is 5.96. The van der Waals surface area contributed by atoms with Crippen molar-refractivity contribution >= 4 is 22.6 Å². The van der Waals surface area contributed by atoms with Gasteiger partial charge >= 0.3 is 5.97 Å². The summed E-state index contributed by atoms with van der Waals surface area (Å²) in [5, 5.41) is 4.62. The molecule has 4 heteroatoms. The van der Waals surface area contributed by atoms with Crippen molar-refractivity contribution in [3.8, 4) is 0 Å². The van der Waals surface area contributed by atoms with Crippen molar-refractivity contribution in [3.05, 3.63) is 83.9 Å². The number of ether oxygens (including phenoxy) is 1. The maximum atomic E-state index is 12.5. The van der Waals surface area contributed by atoms with E-state index in [1.807, 2.05) is 42.5 Å². The Morgan fingerprint density at radius 3 is 2.42 bits per heavy atom. The lowest BCUT2D eigenvalue weighted by Crippen LogP contribution is -2.43. The van der Waals surface area contributed by atoms with E-state index in [4.69, 9.17) is 6.11 Å². The van der Waals surface area contributed by atoms with Crippen molar-refractivity contribution in [2.75, 3.05) is 6.61 Å². The molecular formula is C22H21NO3. The Kier molecular flexibility index (Phi) is 5.21. The molecular weight excluding hydrogens is 326 g/mol. The van der Waals surface area contributed by atoms with Crippen LogP contribution in [0.2, 0.25) is 0 Å². The van der Waals surface area contributed by atoms with E-state index < -0.39 is 17.9 Å². The Bertz CT molecular complexity index is 958. The van der Waals surface area contributed by atoms with Gasteiger partial charge < -0.3 is 10.1 Å². The predicted molar refractivity (Wildman–Crippen MR) is 102 cm³/mol. The van der Waals surface area contributed by atoms with E-state index in [0.717, 1.165) is 16.3 Å². The van der Waals surface area contributed by atoms with Crippen molar-refractivity contribution in [2.24, 2.45) is 0 Å². The number of esters is 1. The SMILES string of the molecule is [2H][C@@](Cc1ccc2ccccc2c1)(NC(=O)c1ccccc1)C(=O)OCC. The minimum Gasteiger partial charge on any atom is -0.464 e. The zero-order chi connectivity index (χ0) is 19.3. The summed E-state index contributed by atoms with van der Waals surface area (Å²) in [6, 6.07) is 20.2. The zero-order valence-electron chi connectivity index (χ0n) is 15.6. The van der Waals surface area contributed by atoms with Crippen LogP contribution in [0, 0.1) is 0 Å². The second-order valence-electron chi connectivity index (χ2n) is 5.88. The third-order valence-electron chi connectivity index (χ3n) is 4.02. The van der Waals surface area contributed by atoms with E-state index in [2.05, 4.69) is 5.32 Å². The third kappa shape index (κ3) is 4.28. The van der Waals surface area contributed by atoms with Crippen molar-refractivity contribution in [1.82, 2.24) is 5.32 Å². The summed E-state index contributed by atoms with van der Waals surface area (Å²) < 4.78 is 13.7. The van der Waals surface area contributed by atoms with Crippen LogP contribution in [0.1, 0.15) is 24.2 Å². The molecule has 0 unspecified atom stereocenters. The van der Waals surface area contributed by atoms with E-state index in [1.54, 1.807) is 37.3 Å². The molecule has 0 aromatic heterocycles. The topological polar surface area (TPSA) is 55.4 Å². The average Bonchev–Trinajstić information content (AvgIpc) is 2.68. The van der Waals surface area contributed by atoms with Crippen LogP contribution in [0.4, 0.5) is 0 Å². The van der Waals surface area contributed by atoms with Crippen molar-refractivity contribution in [3.63, 3.8) is 0 Å². The molecule has 1 N–H and O–H groups in total. The van der Waals surface area contributed by atoms with E-state index in [0.29, 0.717) is 5.56 Å². The number of benzene rings is 3. The van der Waals surface area contributed by atoms with E-state index in [1.165, 1.54) is 0 Å². The van der Waals surface area contributed by atoms with E-state index in [-0.39, 0.29) is 13.0 Å². The minimum atomic E-state index is -1.91. The van der Waals surface area contributed by atoms with Crippen molar-refractivity contribution in [1.29, 1.82) is 0 Å². The first-order chi connectivity index (χ1) is 13.0. The van der Waals surface area contributed by atoms with Gasteiger partial charge in [0.2, 0.25) is 0 Å². The van der Waals surface area contributed by atoms with Gasteiger partial charge in [-0.2, -0.15) is 0 Å². The van der Waals surface area contributed by atoms with Crippen LogP contribution in [-0.4, -0.2) is 24.5 Å². The van der Waals surface area contributed by atoms with Gasteiger partial charge in [0.25, 0.3) is 5.91 Å². The first-order valence-electron chi connectivity index (χ1n) is 9.04. The monoisotopic (exact) mass is 348 g/mol. The lowest BCUT2D eigenvalue weighted by atomic mass is 10.0. The highest BCUT2D eigenvalue weighted by Gasteiger charge is 2.23. The highest BCUT2D eigenvalue weighted by Crippen LogP contribution is 2.17. The predicted octanol–water partition coefficient (Wildman–Crippen LogP) is 3.74. The molecule has 1 atom stereocenters. The van der Waals surface area contributed by atoms with Crippen molar-refractivity contribution in [2.45, 2.75) is 19.4 Å². The maximum Gasteiger partial charge on any atom is 0.328 e. The molecule has 0 radical (unpaired) electrons. The van der Waals surface area contributed by atoms with Crippen LogP contribution < -0.4 is 5.32 Å². The van der Waals surface area contributed by atoms with E-state index >= 15 is 0 Å². The lowest BCUT2D eigenvalue weighted by molar-refractivity contribution is -0.145. The number of carbonyl (C=O) groups is 2. The molecule has 3 rings (SSSR count). The molecule has 4 nitrogen and oxygen atoms in total. The van der Waals surface area contributed by atoms with Crippen molar-refractivity contribution < 1.29 is 15.7 Å². The normalized spacial score (nSPS) is 13.5. The molecule has 132 valence electrons. The number of hydrogen-bond acceptors (Lipinski definition) is 3. The molecule has 0 saturated carbocycles. The van der Waals surface area contributed by atoms with Crippen LogP contribution in [0.3, 0.4) is 0 Å². The summed E-state index contributed by atoms with van der Waals surface area (Å²) in [4.78, 5) is 25.0. The Morgan fingerprint density at radius 2 is 1.69 bits per heavy atom. The number of amides is 1. The molecule has 1 amide bonds. The second-order valence-corrected chi connectivity index (χ2v) is 5.88. The summed E-state index contributed by atoms with van der Waals surface area (Å²) >= 11 is 0. The molecule has 26 heavy (non-hydrogen) atoms. The number of hydrogen-bond donors (Lipinski definition) is 1. The summed E-state index contributed by atoms with van der Waals surface area (Å²) in [5.74, 6) is -1.26. The second kappa shape index (κ2) is 8.30. The van der Waals surface area contributed by atoms with Gasteiger partial charge in [-0.3, -0.25) is 4.79 Å². The van der Waals surface area contributed by atoms with Gasteiger partial charge in [-0.1, -0.05) is 60.7 Å². The Balaban J connectivity index is 1.89. The summed E-state index contributed by atoms with van der Waals surface area (Å²) in [6.45, 7) is 1.81. The number of fused-ring (bicyclic) bond motifs is 1. The van der Waals surface area contributed by atoms with Gasteiger partial charge in [0.15, 0.2) is 0 Å². The summed E-state index contributed by atoms with van der Waals surface area (Å²) in [5.41, 5.74) is 1.15. The molecule has 0 spiro atoms. The molecule has 0 aliphatic carbocycles. The van der Waals surface area contributed by atoms with Crippen LogP contribution in [0.5, 0.6) is 0 Å². The molecule has 0 aliphatic heterocycles. The van der Waals surface area contributed by atoms with Gasteiger partial charge in [-0.25, -0.2) is 4.79 Å². The number of carbonyl (C=O) groups excluding carboxylic acids is 2. The van der Waals surface area contributed by atoms with Gasteiger partial charge in [0.1, 0.15) is 6.02 Å². The smallest absolute Gasteiger partial charge is 0.328 e. The van der Waals surface area contributed by atoms with Gasteiger partial charge in [-0.05, 0) is 35.4 Å². The fourth-order valence-electron chi connectivity index (χ4n) is 2.74. The first kappa shape index (κ1) is 16.3. The molecule has 3 aromatic rings.